The maximum atomic E-state index is 11.1. The van der Waals surface area contributed by atoms with Gasteiger partial charge in [-0.05, 0) is 30.9 Å². The molecule has 0 bridgehead atoms. The SMILES string of the molecule is COc1c(C2(O)CCOC(C(C)C)C2)ccc(C)c1C. The van der Waals surface area contributed by atoms with E-state index in [1.165, 1.54) is 5.56 Å². The Balaban J connectivity index is 2.41. The predicted octanol–water partition coefficient (Wildman–Crippen LogP) is 3.33. The number of methoxy groups -OCH3 is 1. The largest absolute Gasteiger partial charge is 0.496 e. The van der Waals surface area contributed by atoms with Gasteiger partial charge >= 0.3 is 0 Å². The highest BCUT2D eigenvalue weighted by atomic mass is 16.5. The number of hydrogen-bond donors (Lipinski definition) is 1. The number of hydrogen-bond acceptors (Lipinski definition) is 3. The van der Waals surface area contributed by atoms with Gasteiger partial charge in [-0.1, -0.05) is 26.0 Å². The van der Waals surface area contributed by atoms with Crippen molar-refractivity contribution in [3.63, 3.8) is 0 Å². The molecule has 20 heavy (non-hydrogen) atoms. The summed E-state index contributed by atoms with van der Waals surface area (Å²) >= 11 is 0. The lowest BCUT2D eigenvalue weighted by Gasteiger charge is -2.39. The second-order valence-corrected chi connectivity index (χ2v) is 6.23. The Bertz CT molecular complexity index is 481. The molecule has 0 aromatic heterocycles. The summed E-state index contributed by atoms with van der Waals surface area (Å²) in [5.74, 6) is 1.22. The van der Waals surface area contributed by atoms with E-state index in [-0.39, 0.29) is 6.10 Å². The summed E-state index contributed by atoms with van der Waals surface area (Å²) in [7, 11) is 1.67. The van der Waals surface area contributed by atoms with Gasteiger partial charge in [0, 0.05) is 18.4 Å². The van der Waals surface area contributed by atoms with Gasteiger partial charge in [0.25, 0.3) is 0 Å². The van der Waals surface area contributed by atoms with E-state index in [0.717, 1.165) is 16.9 Å². The average Bonchev–Trinajstić information content (AvgIpc) is 2.41. The summed E-state index contributed by atoms with van der Waals surface area (Å²) in [5, 5.41) is 11.1. The van der Waals surface area contributed by atoms with Crippen molar-refractivity contribution in [3.05, 3.63) is 28.8 Å². The zero-order chi connectivity index (χ0) is 14.9. The first-order valence-electron chi connectivity index (χ1n) is 7.37. The Morgan fingerprint density at radius 1 is 1.35 bits per heavy atom. The van der Waals surface area contributed by atoms with E-state index in [1.807, 2.05) is 13.0 Å². The molecule has 0 aliphatic carbocycles. The first-order valence-corrected chi connectivity index (χ1v) is 7.37. The molecule has 1 aliphatic rings. The fourth-order valence-corrected chi connectivity index (χ4v) is 2.97. The van der Waals surface area contributed by atoms with E-state index in [9.17, 15) is 5.11 Å². The van der Waals surface area contributed by atoms with Crippen molar-refractivity contribution in [3.8, 4) is 5.75 Å². The molecule has 2 atom stereocenters. The Hall–Kier alpha value is -1.06. The molecule has 3 heteroatoms. The van der Waals surface area contributed by atoms with Crippen LogP contribution in [0.2, 0.25) is 0 Å². The van der Waals surface area contributed by atoms with Crippen molar-refractivity contribution in [2.45, 2.75) is 52.2 Å². The second kappa shape index (κ2) is 5.74. The molecule has 0 saturated carbocycles. The molecular formula is C17H26O3. The molecule has 1 N–H and O–H groups in total. The molecule has 2 rings (SSSR count). The van der Waals surface area contributed by atoms with Gasteiger partial charge in [-0.3, -0.25) is 0 Å². The maximum Gasteiger partial charge on any atom is 0.128 e. The molecule has 0 amide bonds. The molecule has 2 unspecified atom stereocenters. The summed E-state index contributed by atoms with van der Waals surface area (Å²) in [4.78, 5) is 0. The average molecular weight is 278 g/mol. The van der Waals surface area contributed by atoms with Crippen LogP contribution >= 0.6 is 0 Å². The van der Waals surface area contributed by atoms with Crippen molar-refractivity contribution in [1.29, 1.82) is 0 Å². The van der Waals surface area contributed by atoms with Gasteiger partial charge in [0.05, 0.1) is 25.4 Å². The molecule has 1 heterocycles. The molecule has 1 aromatic rings. The fraction of sp³-hybridized carbons (Fsp3) is 0.647. The summed E-state index contributed by atoms with van der Waals surface area (Å²) in [5.41, 5.74) is 2.33. The summed E-state index contributed by atoms with van der Waals surface area (Å²) in [6.07, 6.45) is 1.35. The van der Waals surface area contributed by atoms with Gasteiger partial charge in [-0.15, -0.1) is 0 Å². The predicted molar refractivity (Wildman–Crippen MR) is 80.2 cm³/mol. The van der Waals surface area contributed by atoms with Crippen molar-refractivity contribution < 1.29 is 14.6 Å². The molecule has 112 valence electrons. The molecule has 1 aromatic carbocycles. The Morgan fingerprint density at radius 3 is 2.65 bits per heavy atom. The Kier molecular flexibility index (Phi) is 4.40. The molecule has 1 aliphatic heterocycles. The van der Waals surface area contributed by atoms with Gasteiger partial charge in [0.1, 0.15) is 5.75 Å². The minimum atomic E-state index is -0.850. The van der Waals surface area contributed by atoms with E-state index in [0.29, 0.717) is 25.4 Å². The number of aliphatic hydroxyl groups is 1. The monoisotopic (exact) mass is 278 g/mol. The van der Waals surface area contributed by atoms with Crippen molar-refractivity contribution in [2.75, 3.05) is 13.7 Å². The second-order valence-electron chi connectivity index (χ2n) is 6.23. The third-order valence-electron chi connectivity index (χ3n) is 4.51. The van der Waals surface area contributed by atoms with Crippen LogP contribution in [0.15, 0.2) is 12.1 Å². The van der Waals surface area contributed by atoms with Crippen LogP contribution < -0.4 is 4.74 Å². The van der Waals surface area contributed by atoms with Crippen molar-refractivity contribution in [1.82, 2.24) is 0 Å². The van der Waals surface area contributed by atoms with Gasteiger partial charge < -0.3 is 14.6 Å². The zero-order valence-electron chi connectivity index (χ0n) is 13.2. The third kappa shape index (κ3) is 2.70. The molecule has 0 spiro atoms. The topological polar surface area (TPSA) is 38.7 Å². The van der Waals surface area contributed by atoms with E-state index < -0.39 is 5.60 Å². The van der Waals surface area contributed by atoms with Crippen LogP contribution in [0.3, 0.4) is 0 Å². The van der Waals surface area contributed by atoms with Gasteiger partial charge in [0.2, 0.25) is 0 Å². The summed E-state index contributed by atoms with van der Waals surface area (Å²) < 4.78 is 11.4. The normalized spacial score (nSPS) is 26.9. The summed E-state index contributed by atoms with van der Waals surface area (Å²) in [6.45, 7) is 8.96. The van der Waals surface area contributed by atoms with Crippen molar-refractivity contribution >= 4 is 0 Å². The number of ether oxygens (including phenoxy) is 2. The number of benzene rings is 1. The van der Waals surface area contributed by atoms with E-state index in [2.05, 4.69) is 26.8 Å². The standard InChI is InChI=1S/C17H26O3/c1-11(2)15-10-17(18,8-9-20-15)14-7-6-12(3)13(4)16(14)19-5/h6-7,11,15,18H,8-10H2,1-5H3. The number of rotatable bonds is 3. The van der Waals surface area contributed by atoms with Crippen molar-refractivity contribution in [2.24, 2.45) is 5.92 Å². The quantitative estimate of drug-likeness (QED) is 0.921. The van der Waals surface area contributed by atoms with Gasteiger partial charge in [-0.25, -0.2) is 0 Å². The first-order chi connectivity index (χ1) is 9.39. The van der Waals surface area contributed by atoms with Gasteiger partial charge in [-0.2, -0.15) is 0 Å². The minimum absolute atomic E-state index is 0.0973. The van der Waals surface area contributed by atoms with E-state index in [4.69, 9.17) is 9.47 Å². The minimum Gasteiger partial charge on any atom is -0.496 e. The highest BCUT2D eigenvalue weighted by molar-refractivity contribution is 5.48. The Labute approximate surface area is 121 Å². The van der Waals surface area contributed by atoms with Crippen LogP contribution in [0.25, 0.3) is 0 Å². The molecule has 0 radical (unpaired) electrons. The molecule has 3 nitrogen and oxygen atoms in total. The molecular weight excluding hydrogens is 252 g/mol. The van der Waals surface area contributed by atoms with Crippen LogP contribution in [-0.4, -0.2) is 24.9 Å². The van der Waals surface area contributed by atoms with Crippen LogP contribution in [0.4, 0.5) is 0 Å². The van der Waals surface area contributed by atoms with Crippen LogP contribution in [0.5, 0.6) is 5.75 Å². The lowest BCUT2D eigenvalue weighted by atomic mass is 9.79. The molecule has 1 fully saturated rings. The first kappa shape index (κ1) is 15.3. The number of aryl methyl sites for hydroxylation is 1. The van der Waals surface area contributed by atoms with Crippen LogP contribution in [0.1, 0.15) is 43.4 Å². The smallest absolute Gasteiger partial charge is 0.128 e. The molecule has 1 saturated heterocycles. The third-order valence-corrected chi connectivity index (χ3v) is 4.51. The van der Waals surface area contributed by atoms with Gasteiger partial charge in [0.15, 0.2) is 0 Å². The lowest BCUT2D eigenvalue weighted by Crippen LogP contribution is -2.41. The Morgan fingerprint density at radius 2 is 2.05 bits per heavy atom. The summed E-state index contributed by atoms with van der Waals surface area (Å²) in [6, 6.07) is 4.06. The van der Waals surface area contributed by atoms with E-state index >= 15 is 0 Å². The van der Waals surface area contributed by atoms with Crippen LogP contribution in [0, 0.1) is 19.8 Å². The lowest BCUT2D eigenvalue weighted by molar-refractivity contribution is -0.122. The van der Waals surface area contributed by atoms with E-state index in [1.54, 1.807) is 7.11 Å². The fourth-order valence-electron chi connectivity index (χ4n) is 2.97. The highest BCUT2D eigenvalue weighted by Crippen LogP contribution is 2.42. The highest BCUT2D eigenvalue weighted by Gasteiger charge is 2.39. The van der Waals surface area contributed by atoms with Crippen LogP contribution in [-0.2, 0) is 10.3 Å². The zero-order valence-corrected chi connectivity index (χ0v) is 13.2. The maximum absolute atomic E-state index is 11.1.